The monoisotopic (exact) mass is 403 g/mol. The third kappa shape index (κ3) is 4.05. The number of benzene rings is 3. The average molecular weight is 404 g/mol. The van der Waals surface area contributed by atoms with E-state index in [0.29, 0.717) is 28.9 Å². The van der Waals surface area contributed by atoms with Gasteiger partial charge in [-0.3, -0.25) is 0 Å². The molecule has 4 aromatic rings. The van der Waals surface area contributed by atoms with E-state index >= 15 is 0 Å². The van der Waals surface area contributed by atoms with Crippen LogP contribution in [-0.2, 0) is 5.88 Å². The van der Waals surface area contributed by atoms with Crippen LogP contribution in [-0.4, -0.2) is 27.2 Å². The molecule has 0 saturated carbocycles. The van der Waals surface area contributed by atoms with Gasteiger partial charge >= 0.3 is 0 Å². The Kier molecular flexibility index (Phi) is 5.40. The molecule has 6 heteroatoms. The zero-order valence-corrected chi connectivity index (χ0v) is 16.5. The van der Waals surface area contributed by atoms with Gasteiger partial charge in [0.2, 0.25) is 0 Å². The van der Waals surface area contributed by atoms with E-state index in [1.54, 1.807) is 25.3 Å². The molecule has 144 valence electrons. The maximum atomic E-state index is 10.3. The minimum Gasteiger partial charge on any atom is -0.507 e. The van der Waals surface area contributed by atoms with Crippen LogP contribution >= 0.6 is 11.6 Å². The number of hydrogen-bond acceptors (Lipinski definition) is 5. The van der Waals surface area contributed by atoms with Gasteiger partial charge < -0.3 is 9.84 Å². The van der Waals surface area contributed by atoms with E-state index in [2.05, 4.69) is 15.0 Å². The summed E-state index contributed by atoms with van der Waals surface area (Å²) in [5.74, 6) is 2.74. The van der Waals surface area contributed by atoms with Crippen molar-refractivity contribution in [2.24, 2.45) is 0 Å². The maximum Gasteiger partial charge on any atom is 0.167 e. The molecule has 1 heterocycles. The van der Waals surface area contributed by atoms with Crippen molar-refractivity contribution < 1.29 is 9.84 Å². The number of alkyl halides is 1. The summed E-state index contributed by atoms with van der Waals surface area (Å²) in [5, 5.41) is 10.3. The molecule has 0 aliphatic carbocycles. The number of rotatable bonds is 5. The second-order valence-corrected chi connectivity index (χ2v) is 6.65. The number of para-hydroxylation sites is 1. The number of hydrogen-bond donors (Lipinski definition) is 1. The average Bonchev–Trinajstić information content (AvgIpc) is 2.79. The molecular formula is C23H18ClN3O2. The van der Waals surface area contributed by atoms with Gasteiger partial charge in [0.25, 0.3) is 0 Å². The Bertz CT molecular complexity index is 1060. The van der Waals surface area contributed by atoms with Gasteiger partial charge in [0, 0.05) is 17.0 Å². The van der Waals surface area contributed by atoms with Crippen molar-refractivity contribution in [3.63, 3.8) is 0 Å². The first-order valence-electron chi connectivity index (χ1n) is 9.02. The molecule has 4 rings (SSSR count). The van der Waals surface area contributed by atoms with E-state index < -0.39 is 0 Å². The third-order valence-corrected chi connectivity index (χ3v) is 4.80. The van der Waals surface area contributed by atoms with Crippen LogP contribution in [0.4, 0.5) is 0 Å². The SMILES string of the molecule is COc1ccc(-c2nc(-c3ccc(CCl)cc3)nc(-c3ccccc3O)n2)cc1. The Morgan fingerprint density at radius 2 is 1.31 bits per heavy atom. The lowest BCUT2D eigenvalue weighted by Gasteiger charge is -2.10. The van der Waals surface area contributed by atoms with Crippen molar-refractivity contribution in [1.82, 2.24) is 15.0 Å². The third-order valence-electron chi connectivity index (χ3n) is 4.50. The fourth-order valence-electron chi connectivity index (χ4n) is 2.90. The van der Waals surface area contributed by atoms with Gasteiger partial charge in [0.1, 0.15) is 11.5 Å². The van der Waals surface area contributed by atoms with Gasteiger partial charge in [-0.05, 0) is 42.0 Å². The molecule has 0 radical (unpaired) electrons. The first-order valence-corrected chi connectivity index (χ1v) is 9.55. The summed E-state index contributed by atoms with van der Waals surface area (Å²) >= 11 is 5.90. The Morgan fingerprint density at radius 3 is 1.86 bits per heavy atom. The van der Waals surface area contributed by atoms with Crippen LogP contribution in [0.2, 0.25) is 0 Å². The van der Waals surface area contributed by atoms with E-state index in [0.717, 1.165) is 22.4 Å². The lowest BCUT2D eigenvalue weighted by molar-refractivity contribution is 0.415. The van der Waals surface area contributed by atoms with E-state index in [4.69, 9.17) is 16.3 Å². The highest BCUT2D eigenvalue weighted by Gasteiger charge is 2.14. The number of halogens is 1. The minimum absolute atomic E-state index is 0.114. The van der Waals surface area contributed by atoms with Crippen LogP contribution in [0.15, 0.2) is 72.8 Å². The smallest absolute Gasteiger partial charge is 0.167 e. The van der Waals surface area contributed by atoms with Gasteiger partial charge in [0.05, 0.1) is 12.7 Å². The zero-order chi connectivity index (χ0) is 20.2. The molecule has 3 aromatic carbocycles. The van der Waals surface area contributed by atoms with Crippen LogP contribution in [0.25, 0.3) is 34.2 Å². The lowest BCUT2D eigenvalue weighted by Crippen LogP contribution is -2.00. The number of aromatic nitrogens is 3. The quantitative estimate of drug-likeness (QED) is 0.456. The first-order chi connectivity index (χ1) is 14.2. The molecule has 29 heavy (non-hydrogen) atoms. The number of aromatic hydroxyl groups is 1. The Labute approximate surface area is 173 Å². The summed E-state index contributed by atoms with van der Waals surface area (Å²) in [7, 11) is 1.62. The molecule has 0 bridgehead atoms. The zero-order valence-electron chi connectivity index (χ0n) is 15.7. The highest BCUT2D eigenvalue weighted by molar-refractivity contribution is 6.17. The Hall–Kier alpha value is -3.44. The number of methoxy groups -OCH3 is 1. The van der Waals surface area contributed by atoms with Crippen LogP contribution in [0.3, 0.4) is 0 Å². The van der Waals surface area contributed by atoms with Crippen LogP contribution in [0.5, 0.6) is 11.5 Å². The van der Waals surface area contributed by atoms with Crippen molar-refractivity contribution in [2.45, 2.75) is 5.88 Å². The Balaban J connectivity index is 1.87. The molecule has 0 unspecified atom stereocenters. The fourth-order valence-corrected chi connectivity index (χ4v) is 3.08. The minimum atomic E-state index is 0.114. The van der Waals surface area contributed by atoms with Gasteiger partial charge in [0.15, 0.2) is 17.5 Å². The van der Waals surface area contributed by atoms with Crippen LogP contribution < -0.4 is 4.74 Å². The molecule has 5 nitrogen and oxygen atoms in total. The maximum absolute atomic E-state index is 10.3. The van der Waals surface area contributed by atoms with Gasteiger partial charge in [-0.1, -0.05) is 36.4 Å². The van der Waals surface area contributed by atoms with E-state index in [-0.39, 0.29) is 5.75 Å². The van der Waals surface area contributed by atoms with Crippen molar-refractivity contribution in [1.29, 1.82) is 0 Å². The van der Waals surface area contributed by atoms with Crippen molar-refractivity contribution >= 4 is 11.6 Å². The molecule has 1 aromatic heterocycles. The van der Waals surface area contributed by atoms with Crippen molar-refractivity contribution in [2.75, 3.05) is 7.11 Å². The lowest BCUT2D eigenvalue weighted by atomic mass is 10.1. The highest BCUT2D eigenvalue weighted by Crippen LogP contribution is 2.30. The molecular weight excluding hydrogens is 386 g/mol. The summed E-state index contributed by atoms with van der Waals surface area (Å²) in [4.78, 5) is 13.9. The van der Waals surface area contributed by atoms with Gasteiger partial charge in [-0.2, -0.15) is 0 Å². The molecule has 0 fully saturated rings. The molecule has 0 spiro atoms. The molecule has 0 saturated heterocycles. The normalized spacial score (nSPS) is 10.7. The van der Waals surface area contributed by atoms with E-state index in [9.17, 15) is 5.11 Å². The predicted octanol–water partition coefficient (Wildman–Crippen LogP) is 5.33. The first kappa shape index (κ1) is 18.9. The summed E-state index contributed by atoms with van der Waals surface area (Å²) in [5.41, 5.74) is 3.22. The second kappa shape index (κ2) is 8.29. The summed E-state index contributed by atoms with van der Waals surface area (Å²) in [6, 6.07) is 22.2. The van der Waals surface area contributed by atoms with Crippen molar-refractivity contribution in [3.8, 4) is 45.7 Å². The van der Waals surface area contributed by atoms with Crippen LogP contribution in [0, 0.1) is 0 Å². The molecule has 0 aliphatic rings. The summed E-state index contributed by atoms with van der Waals surface area (Å²) < 4.78 is 5.23. The number of phenolic OH excluding ortho intramolecular Hbond substituents is 1. The van der Waals surface area contributed by atoms with Crippen LogP contribution in [0.1, 0.15) is 5.56 Å². The standard InChI is InChI=1S/C23H18ClN3O2/c1-29-18-12-10-17(11-13-18)22-25-21(16-8-6-15(14-24)7-9-16)26-23(27-22)19-4-2-3-5-20(19)28/h2-13,28H,14H2,1H3. The van der Waals surface area contributed by atoms with E-state index in [1.807, 2.05) is 54.6 Å². The van der Waals surface area contributed by atoms with Gasteiger partial charge in [-0.25, -0.2) is 15.0 Å². The number of ether oxygens (including phenoxy) is 1. The number of phenols is 1. The topological polar surface area (TPSA) is 68.1 Å². The molecule has 0 amide bonds. The fraction of sp³-hybridized carbons (Fsp3) is 0.0870. The predicted molar refractivity (Wildman–Crippen MR) is 114 cm³/mol. The van der Waals surface area contributed by atoms with E-state index in [1.165, 1.54) is 0 Å². The second-order valence-electron chi connectivity index (χ2n) is 6.38. The molecule has 0 aliphatic heterocycles. The largest absolute Gasteiger partial charge is 0.507 e. The summed E-state index contributed by atoms with van der Waals surface area (Å²) in [6.45, 7) is 0. The molecule has 0 atom stereocenters. The molecule has 1 N–H and O–H groups in total. The van der Waals surface area contributed by atoms with Crippen molar-refractivity contribution in [3.05, 3.63) is 78.4 Å². The highest BCUT2D eigenvalue weighted by atomic mass is 35.5. The Morgan fingerprint density at radius 1 is 0.759 bits per heavy atom. The summed E-state index contributed by atoms with van der Waals surface area (Å²) in [6.07, 6.45) is 0. The van der Waals surface area contributed by atoms with Gasteiger partial charge in [-0.15, -0.1) is 11.6 Å². The number of nitrogens with zero attached hydrogens (tertiary/aromatic N) is 3.